The highest BCUT2D eigenvalue weighted by Gasteiger charge is 2.83. The van der Waals surface area contributed by atoms with E-state index >= 15 is 0 Å². The molecule has 180 valence electrons. The second-order valence-corrected chi connectivity index (χ2v) is 11.3. The molecule has 2 N–H and O–H groups in total. The third-order valence-corrected chi connectivity index (χ3v) is 10.6. The van der Waals surface area contributed by atoms with E-state index in [1.54, 1.807) is 6.07 Å². The van der Waals surface area contributed by atoms with Crippen molar-refractivity contribution >= 4 is 11.7 Å². The van der Waals surface area contributed by atoms with Crippen LogP contribution in [0.5, 0.6) is 0 Å². The lowest BCUT2D eigenvalue weighted by Crippen LogP contribution is -2.82. The molecule has 10 atom stereocenters. The van der Waals surface area contributed by atoms with E-state index < -0.39 is 18.3 Å². The van der Waals surface area contributed by atoms with Gasteiger partial charge in [0.1, 0.15) is 12.6 Å². The number of quaternary nitrogens is 1. The maximum absolute atomic E-state index is 12.1. The first kappa shape index (κ1) is 21.0. The summed E-state index contributed by atoms with van der Waals surface area (Å²) in [7, 11) is 3.51. The first-order chi connectivity index (χ1) is 16.4. The summed E-state index contributed by atoms with van der Waals surface area (Å²) in [6, 6.07) is 12.6. The van der Waals surface area contributed by atoms with Gasteiger partial charge in [-0.2, -0.15) is 0 Å². The minimum Gasteiger partial charge on any atom is -0.463 e. The molecule has 8 rings (SSSR count). The molecule has 7 heteroatoms. The molecule has 2 aromatic rings. The number of aliphatic hydroxyl groups excluding tert-OH is 2. The van der Waals surface area contributed by atoms with E-state index in [1.807, 2.05) is 6.07 Å². The Balaban J connectivity index is 1.41. The van der Waals surface area contributed by atoms with Gasteiger partial charge in [-0.05, 0) is 36.1 Å². The van der Waals surface area contributed by atoms with Crippen molar-refractivity contribution in [3.05, 3.63) is 53.5 Å². The van der Waals surface area contributed by atoms with Crippen LogP contribution in [0.25, 0.3) is 0 Å². The van der Waals surface area contributed by atoms with Crippen LogP contribution in [0.2, 0.25) is 0 Å². The summed E-state index contributed by atoms with van der Waals surface area (Å²) in [5.74, 6) is 1.04. The van der Waals surface area contributed by atoms with E-state index in [2.05, 4.69) is 43.1 Å². The molecule has 1 aromatic carbocycles. The number of furan rings is 1. The molecule has 0 unspecified atom stereocenters. The maximum Gasteiger partial charge on any atom is 0.373 e. The third kappa shape index (κ3) is 2.10. The van der Waals surface area contributed by atoms with Crippen LogP contribution in [-0.2, 0) is 16.7 Å². The summed E-state index contributed by atoms with van der Waals surface area (Å²) in [5, 5.41) is 24.1. The number of fused-ring (bicyclic) bond motifs is 2. The van der Waals surface area contributed by atoms with E-state index in [1.165, 1.54) is 18.4 Å². The van der Waals surface area contributed by atoms with Gasteiger partial charge in [0.05, 0.1) is 30.7 Å². The zero-order chi connectivity index (χ0) is 23.6. The lowest BCUT2D eigenvalue weighted by Gasteiger charge is -2.67. The minimum atomic E-state index is -0.512. The highest BCUT2D eigenvalue weighted by molar-refractivity contribution is 5.86. The highest BCUT2D eigenvalue weighted by atomic mass is 16.5. The van der Waals surface area contributed by atoms with Crippen LogP contribution < -0.4 is 4.90 Å². The number of nitrogens with zero attached hydrogens (tertiary/aromatic N) is 2. The molecule has 1 saturated carbocycles. The van der Waals surface area contributed by atoms with Gasteiger partial charge >= 0.3 is 5.97 Å². The van der Waals surface area contributed by atoms with Crippen LogP contribution >= 0.6 is 0 Å². The number of hydrogen-bond acceptors (Lipinski definition) is 6. The molecule has 1 aliphatic carbocycles. The molecule has 6 heterocycles. The minimum absolute atomic E-state index is 0.119. The topological polar surface area (TPSA) is 83.1 Å². The molecule has 7 nitrogen and oxygen atoms in total. The number of ether oxygens (including phenoxy) is 1. The van der Waals surface area contributed by atoms with Gasteiger partial charge in [0.15, 0.2) is 12.0 Å². The van der Waals surface area contributed by atoms with E-state index in [0.717, 1.165) is 19.3 Å². The van der Waals surface area contributed by atoms with Gasteiger partial charge in [0.2, 0.25) is 5.76 Å². The monoisotopic (exact) mass is 465 g/mol. The van der Waals surface area contributed by atoms with Crippen LogP contribution in [0, 0.1) is 17.8 Å². The zero-order valence-corrected chi connectivity index (χ0v) is 19.9. The number of para-hydroxylation sites is 1. The SMILES string of the molecule is CC[C@@H]1[C@H]2C[C@H]3[C@@H]4N(C)c5ccccc5[C@@]45C[C@@H]([C@@H]2[C@@H]5O)[N@+]3(Cc2ccc(C(=O)OC)o2)[C@@H]1O. The molecular formula is C27H33N2O5+. The highest BCUT2D eigenvalue weighted by Crippen LogP contribution is 2.71. The van der Waals surface area contributed by atoms with Crippen molar-refractivity contribution in [1.29, 1.82) is 0 Å². The van der Waals surface area contributed by atoms with Gasteiger partial charge in [-0.1, -0.05) is 25.1 Å². The number of anilines is 1. The number of carbonyl (C=O) groups excluding carboxylic acids is 1. The van der Waals surface area contributed by atoms with Crippen molar-refractivity contribution in [3.8, 4) is 0 Å². The predicted molar refractivity (Wildman–Crippen MR) is 124 cm³/mol. The number of likely N-dealkylation sites (N-methyl/N-ethyl adjacent to an activating group) is 1. The Labute approximate surface area is 199 Å². The van der Waals surface area contributed by atoms with Crippen molar-refractivity contribution in [3.63, 3.8) is 0 Å². The smallest absolute Gasteiger partial charge is 0.373 e. The number of methoxy groups -OCH3 is 1. The van der Waals surface area contributed by atoms with Crippen LogP contribution in [0.3, 0.4) is 0 Å². The average Bonchev–Trinajstić information content (AvgIpc) is 3.47. The Hall–Kier alpha value is -2.35. The molecule has 1 aromatic heterocycles. The fourth-order valence-electron chi connectivity index (χ4n) is 9.65. The molecule has 5 bridgehead atoms. The molecule has 1 spiro atoms. The van der Waals surface area contributed by atoms with Crippen molar-refractivity contribution in [1.82, 2.24) is 0 Å². The second-order valence-electron chi connectivity index (χ2n) is 11.3. The summed E-state index contributed by atoms with van der Waals surface area (Å²) in [6.45, 7) is 2.69. The molecule has 0 radical (unpaired) electrons. The van der Waals surface area contributed by atoms with Crippen LogP contribution in [0.15, 0.2) is 40.8 Å². The Kier molecular flexibility index (Phi) is 4.10. The molecule has 0 amide bonds. The van der Waals surface area contributed by atoms with Crippen LogP contribution in [0.4, 0.5) is 5.69 Å². The number of carbonyl (C=O) groups is 1. The summed E-state index contributed by atoms with van der Waals surface area (Å²) >= 11 is 0. The zero-order valence-electron chi connectivity index (χ0n) is 19.9. The third-order valence-electron chi connectivity index (χ3n) is 10.6. The normalized spacial score (nSPS) is 44.9. The summed E-state index contributed by atoms with van der Waals surface area (Å²) in [5.41, 5.74) is 2.20. The molecule has 5 aliphatic heterocycles. The molecule has 4 saturated heterocycles. The maximum atomic E-state index is 12.1. The first-order valence-corrected chi connectivity index (χ1v) is 12.6. The average molecular weight is 466 g/mol. The quantitative estimate of drug-likeness (QED) is 0.534. The van der Waals surface area contributed by atoms with Crippen LogP contribution in [0.1, 0.15) is 48.1 Å². The van der Waals surface area contributed by atoms with Crippen molar-refractivity contribution in [2.45, 2.75) is 68.6 Å². The number of hydrogen-bond donors (Lipinski definition) is 2. The molecule has 6 aliphatic rings. The Morgan fingerprint density at radius 2 is 2.03 bits per heavy atom. The van der Waals surface area contributed by atoms with E-state index in [-0.39, 0.29) is 41.1 Å². The standard InChI is InChI=1S/C27H33N2O5/c1-4-15-16-11-19-23-27(17-7-5-6-8-18(17)28(23)2)12-20(22(16)24(27)30)29(19,25(15)31)13-14-9-10-21(34-14)26(32)33-3/h5-10,15-16,19-20,22-25,30-31H,4,11-13H2,1-3H3/q+1/t15-,16-,19+,20+,22-,23+,24+,25-,27+,29-/m1/s1. The fraction of sp³-hybridized carbons (Fsp3) is 0.593. The summed E-state index contributed by atoms with van der Waals surface area (Å²) in [6.07, 6.45) is 1.83. The van der Waals surface area contributed by atoms with E-state index in [0.29, 0.717) is 22.7 Å². The predicted octanol–water partition coefficient (Wildman–Crippen LogP) is 2.65. The van der Waals surface area contributed by atoms with Gasteiger partial charge < -0.3 is 24.3 Å². The number of esters is 1. The van der Waals surface area contributed by atoms with Crippen molar-refractivity contribution in [2.24, 2.45) is 17.8 Å². The van der Waals surface area contributed by atoms with Gasteiger partial charge in [-0.15, -0.1) is 0 Å². The van der Waals surface area contributed by atoms with E-state index in [9.17, 15) is 15.0 Å². The van der Waals surface area contributed by atoms with Gasteiger partial charge in [0.25, 0.3) is 0 Å². The number of aliphatic hydroxyl groups is 2. The number of benzene rings is 1. The second kappa shape index (κ2) is 6.65. The lowest BCUT2D eigenvalue weighted by atomic mass is 9.60. The number of piperidine rings is 4. The molecule has 5 fully saturated rings. The summed E-state index contributed by atoms with van der Waals surface area (Å²) < 4.78 is 11.3. The van der Waals surface area contributed by atoms with Gasteiger partial charge in [0, 0.05) is 37.4 Å². The molecule has 34 heavy (non-hydrogen) atoms. The first-order valence-electron chi connectivity index (χ1n) is 12.6. The van der Waals surface area contributed by atoms with Crippen molar-refractivity contribution in [2.75, 3.05) is 19.1 Å². The van der Waals surface area contributed by atoms with Gasteiger partial charge in [-0.3, -0.25) is 4.48 Å². The Bertz CT molecular complexity index is 1180. The number of rotatable bonds is 4. The fourth-order valence-corrected chi connectivity index (χ4v) is 9.65. The Morgan fingerprint density at radius 3 is 2.79 bits per heavy atom. The lowest BCUT2D eigenvalue weighted by molar-refractivity contribution is -1.05. The van der Waals surface area contributed by atoms with Gasteiger partial charge in [-0.25, -0.2) is 4.79 Å². The summed E-state index contributed by atoms with van der Waals surface area (Å²) in [4.78, 5) is 14.4. The van der Waals surface area contributed by atoms with Crippen LogP contribution in [-0.4, -0.2) is 65.3 Å². The van der Waals surface area contributed by atoms with E-state index in [4.69, 9.17) is 9.15 Å². The largest absolute Gasteiger partial charge is 0.463 e. The van der Waals surface area contributed by atoms with Crippen molar-refractivity contribution < 1.29 is 28.6 Å². The Morgan fingerprint density at radius 1 is 1.24 bits per heavy atom. The molecular weight excluding hydrogens is 432 g/mol.